The van der Waals surface area contributed by atoms with E-state index in [-0.39, 0.29) is 12.1 Å². The number of hydrogen-bond donors (Lipinski definition) is 1. The van der Waals surface area contributed by atoms with Crippen molar-refractivity contribution in [3.05, 3.63) is 71.8 Å². The van der Waals surface area contributed by atoms with Crippen molar-refractivity contribution in [1.29, 1.82) is 0 Å². The van der Waals surface area contributed by atoms with E-state index in [2.05, 4.69) is 17.1 Å². The molecule has 0 aliphatic carbocycles. The minimum absolute atomic E-state index is 0.0391. The first-order valence-corrected chi connectivity index (χ1v) is 12.0. The lowest BCUT2D eigenvalue weighted by atomic mass is 10.1. The van der Waals surface area contributed by atoms with Crippen LogP contribution in [-0.4, -0.2) is 61.6 Å². The van der Waals surface area contributed by atoms with E-state index in [1.165, 1.54) is 0 Å². The van der Waals surface area contributed by atoms with Crippen LogP contribution in [0.3, 0.4) is 0 Å². The van der Waals surface area contributed by atoms with Gasteiger partial charge in [-0.05, 0) is 43.7 Å². The molecule has 1 saturated heterocycles. The number of benzene rings is 3. The highest BCUT2D eigenvalue weighted by Crippen LogP contribution is 2.39. The molecule has 2 aliphatic heterocycles. The molecule has 186 valence electrons. The van der Waals surface area contributed by atoms with E-state index in [0.717, 1.165) is 34.1 Å². The van der Waals surface area contributed by atoms with Crippen molar-refractivity contribution in [2.24, 2.45) is 4.99 Å². The van der Waals surface area contributed by atoms with Gasteiger partial charge >= 0.3 is 6.03 Å². The number of carbonyl (C=O) groups excluding carboxylic acids is 1. The summed E-state index contributed by atoms with van der Waals surface area (Å²) in [6, 6.07) is 19.1. The molecule has 1 N–H and O–H groups in total. The molecule has 3 aromatic carbocycles. The number of para-hydroxylation sites is 1. The van der Waals surface area contributed by atoms with Gasteiger partial charge in [-0.25, -0.2) is 9.79 Å². The first-order valence-electron chi connectivity index (χ1n) is 12.0. The molecule has 0 radical (unpaired) electrons. The second-order valence-electron chi connectivity index (χ2n) is 9.02. The quantitative estimate of drug-likeness (QED) is 0.534. The number of piperazine rings is 1. The maximum absolute atomic E-state index is 13.2. The van der Waals surface area contributed by atoms with E-state index >= 15 is 0 Å². The van der Waals surface area contributed by atoms with Crippen LogP contribution >= 0.6 is 0 Å². The van der Waals surface area contributed by atoms with Crippen LogP contribution in [0.1, 0.15) is 18.1 Å². The number of nitrogens with zero attached hydrogens (tertiary/aromatic N) is 3. The number of aliphatic imine (C=N–C) groups is 1. The molecule has 0 bridgehead atoms. The molecule has 1 atom stereocenters. The number of nitrogens with one attached hydrogen (secondary N) is 1. The fraction of sp³-hybridized carbons (Fsp3) is 0.286. The Balaban J connectivity index is 1.36. The van der Waals surface area contributed by atoms with Gasteiger partial charge in [0.15, 0.2) is 5.75 Å². The normalized spacial score (nSPS) is 16.7. The second kappa shape index (κ2) is 9.81. The van der Waals surface area contributed by atoms with Gasteiger partial charge in [0.1, 0.15) is 28.8 Å². The molecule has 2 amide bonds. The third-order valence-corrected chi connectivity index (χ3v) is 6.48. The Bertz CT molecular complexity index is 1300. The van der Waals surface area contributed by atoms with Gasteiger partial charge in [-0.2, -0.15) is 0 Å². The second-order valence-corrected chi connectivity index (χ2v) is 9.02. The molecule has 0 aromatic heterocycles. The van der Waals surface area contributed by atoms with E-state index in [0.29, 0.717) is 36.8 Å². The van der Waals surface area contributed by atoms with E-state index in [9.17, 15) is 4.79 Å². The lowest BCUT2D eigenvalue weighted by Crippen LogP contribution is -2.56. The molecule has 1 fully saturated rings. The Morgan fingerprint density at radius 1 is 1.00 bits per heavy atom. The molecule has 8 heteroatoms. The highest BCUT2D eigenvalue weighted by Gasteiger charge is 2.31. The van der Waals surface area contributed by atoms with Gasteiger partial charge in [-0.15, -0.1) is 0 Å². The Morgan fingerprint density at radius 3 is 2.47 bits per heavy atom. The van der Waals surface area contributed by atoms with Crippen LogP contribution in [0, 0.1) is 6.92 Å². The Morgan fingerprint density at radius 2 is 1.75 bits per heavy atom. The van der Waals surface area contributed by atoms with Gasteiger partial charge in [-0.3, -0.25) is 0 Å². The highest BCUT2D eigenvalue weighted by atomic mass is 16.5. The maximum atomic E-state index is 13.2. The summed E-state index contributed by atoms with van der Waals surface area (Å²) in [6.45, 7) is 5.93. The Kier molecular flexibility index (Phi) is 6.41. The summed E-state index contributed by atoms with van der Waals surface area (Å²) < 4.78 is 16.9. The summed E-state index contributed by atoms with van der Waals surface area (Å²) in [5.74, 6) is 3.62. The number of methoxy groups -OCH3 is 2. The SMILES string of the molecule is COc1cc(NC(=O)N2CCN(C3=Nc4ccc(C)cc4Oc4ccccc43)CC2C)cc(OC)c1. The summed E-state index contributed by atoms with van der Waals surface area (Å²) in [5, 5.41) is 2.99. The number of urea groups is 1. The number of hydrogen-bond acceptors (Lipinski definition) is 6. The predicted molar refractivity (Wildman–Crippen MR) is 140 cm³/mol. The molecule has 5 rings (SSSR count). The molecule has 2 aliphatic rings. The lowest BCUT2D eigenvalue weighted by Gasteiger charge is -2.41. The topological polar surface area (TPSA) is 75.6 Å². The first kappa shape index (κ1) is 23.5. The van der Waals surface area contributed by atoms with Gasteiger partial charge in [-0.1, -0.05) is 18.2 Å². The Labute approximate surface area is 211 Å². The predicted octanol–water partition coefficient (Wildman–Crippen LogP) is 5.43. The maximum Gasteiger partial charge on any atom is 0.322 e. The highest BCUT2D eigenvalue weighted by molar-refractivity contribution is 6.04. The fourth-order valence-corrected chi connectivity index (χ4v) is 4.60. The number of amides is 2. The van der Waals surface area contributed by atoms with E-state index in [1.807, 2.05) is 54.3 Å². The molecule has 36 heavy (non-hydrogen) atoms. The number of amidine groups is 1. The minimum Gasteiger partial charge on any atom is -0.497 e. The zero-order valence-corrected chi connectivity index (χ0v) is 20.9. The van der Waals surface area contributed by atoms with Gasteiger partial charge < -0.3 is 29.3 Å². The number of carbonyl (C=O) groups is 1. The molecule has 0 saturated carbocycles. The van der Waals surface area contributed by atoms with Crippen molar-refractivity contribution in [3.63, 3.8) is 0 Å². The van der Waals surface area contributed by atoms with Crippen LogP contribution in [0.15, 0.2) is 65.7 Å². The van der Waals surface area contributed by atoms with Crippen LogP contribution in [0.4, 0.5) is 16.2 Å². The fourth-order valence-electron chi connectivity index (χ4n) is 4.60. The van der Waals surface area contributed by atoms with Crippen LogP contribution in [0.25, 0.3) is 0 Å². The summed E-state index contributed by atoms with van der Waals surface area (Å²) in [5.41, 5.74) is 3.48. The summed E-state index contributed by atoms with van der Waals surface area (Å²) in [7, 11) is 3.17. The number of fused-ring (bicyclic) bond motifs is 2. The standard InChI is InChI=1S/C28H30N4O4/c1-18-9-10-24-26(13-18)36-25-8-6-5-7-23(25)27(30-24)31-11-12-32(19(2)17-31)28(33)29-20-14-21(34-3)16-22(15-20)35-4/h5-10,13-16,19H,11-12,17H2,1-4H3,(H,29,33). The average Bonchev–Trinajstić information content (AvgIpc) is 3.04. The number of ether oxygens (including phenoxy) is 3. The average molecular weight is 487 g/mol. The van der Waals surface area contributed by atoms with Crippen LogP contribution in [-0.2, 0) is 0 Å². The van der Waals surface area contributed by atoms with Crippen molar-refractivity contribution in [1.82, 2.24) is 9.80 Å². The molecule has 1 unspecified atom stereocenters. The number of aryl methyl sites for hydroxylation is 1. The number of rotatable bonds is 3. The first-order chi connectivity index (χ1) is 17.4. The minimum atomic E-state index is -0.162. The molecular formula is C28H30N4O4. The number of anilines is 1. The molecule has 2 heterocycles. The van der Waals surface area contributed by atoms with Gasteiger partial charge in [0.05, 0.1) is 19.8 Å². The van der Waals surface area contributed by atoms with Crippen molar-refractivity contribution >= 4 is 23.2 Å². The third kappa shape index (κ3) is 4.66. The van der Waals surface area contributed by atoms with Crippen molar-refractivity contribution < 1.29 is 19.0 Å². The van der Waals surface area contributed by atoms with Crippen molar-refractivity contribution in [3.8, 4) is 23.0 Å². The summed E-state index contributed by atoms with van der Waals surface area (Å²) >= 11 is 0. The monoisotopic (exact) mass is 486 g/mol. The van der Waals surface area contributed by atoms with Crippen LogP contribution < -0.4 is 19.5 Å². The van der Waals surface area contributed by atoms with E-state index in [4.69, 9.17) is 19.2 Å². The van der Waals surface area contributed by atoms with Crippen LogP contribution in [0.5, 0.6) is 23.0 Å². The largest absolute Gasteiger partial charge is 0.497 e. The zero-order valence-electron chi connectivity index (χ0n) is 20.9. The van der Waals surface area contributed by atoms with Crippen LogP contribution in [0.2, 0.25) is 0 Å². The smallest absolute Gasteiger partial charge is 0.322 e. The van der Waals surface area contributed by atoms with Gasteiger partial charge in [0.25, 0.3) is 0 Å². The van der Waals surface area contributed by atoms with E-state index in [1.54, 1.807) is 32.4 Å². The molecule has 3 aromatic rings. The molecular weight excluding hydrogens is 456 g/mol. The van der Waals surface area contributed by atoms with Crippen molar-refractivity contribution in [2.45, 2.75) is 19.9 Å². The van der Waals surface area contributed by atoms with Crippen molar-refractivity contribution in [2.75, 3.05) is 39.2 Å². The van der Waals surface area contributed by atoms with Gasteiger partial charge in [0, 0.05) is 49.6 Å². The summed E-state index contributed by atoms with van der Waals surface area (Å²) in [6.07, 6.45) is 0. The zero-order chi connectivity index (χ0) is 25.2. The molecule has 8 nitrogen and oxygen atoms in total. The molecule has 0 spiro atoms. The lowest BCUT2D eigenvalue weighted by molar-refractivity contribution is 0.145. The van der Waals surface area contributed by atoms with E-state index < -0.39 is 0 Å². The summed E-state index contributed by atoms with van der Waals surface area (Å²) in [4.78, 5) is 22.3. The third-order valence-electron chi connectivity index (χ3n) is 6.48. The van der Waals surface area contributed by atoms with Gasteiger partial charge in [0.2, 0.25) is 0 Å². The Hall–Kier alpha value is -4.20.